The Morgan fingerprint density at radius 1 is 0.427 bits per heavy atom. The lowest BCUT2D eigenvalue weighted by molar-refractivity contribution is 0.319. The number of fused-ring (bicyclic) bond motifs is 10. The minimum atomic E-state index is -0.475. The molecule has 0 spiro atoms. The van der Waals surface area contributed by atoms with E-state index in [1.807, 2.05) is 0 Å². The topological polar surface area (TPSA) is 57.9 Å². The molecule has 11 aromatic rings. The first kappa shape index (κ1) is 48.8. The molecule has 0 saturated heterocycles. The first-order valence-corrected chi connectivity index (χ1v) is 29.1. The summed E-state index contributed by atoms with van der Waals surface area (Å²) in [5, 5.41) is 1.05. The highest BCUT2D eigenvalue weighted by atomic mass is 16.5. The smallest absolute Gasteiger partial charge is 0.279 e. The van der Waals surface area contributed by atoms with Crippen molar-refractivity contribution in [2.75, 3.05) is 14.7 Å². The van der Waals surface area contributed by atoms with Crippen LogP contribution >= 0.6 is 0 Å². The summed E-state index contributed by atoms with van der Waals surface area (Å²) in [6, 6.07) is 77.0. The number of hydrogen-bond acceptors (Lipinski definition) is 6. The Morgan fingerprint density at radius 2 is 0.976 bits per heavy atom. The van der Waals surface area contributed by atoms with Gasteiger partial charge in [0.2, 0.25) is 0 Å². The van der Waals surface area contributed by atoms with Gasteiger partial charge >= 0.3 is 0 Å². The fourth-order valence-corrected chi connectivity index (χ4v) is 15.1. The molecule has 0 amide bonds. The van der Waals surface area contributed by atoms with Crippen LogP contribution in [-0.2, 0) is 11.0 Å². The molecule has 0 radical (unpaired) electrons. The lowest BCUT2D eigenvalue weighted by atomic mass is 9.31. The summed E-state index contributed by atoms with van der Waals surface area (Å²) < 4.78 is 7.29. The average Bonchev–Trinajstić information content (AvgIpc) is 1.34. The van der Waals surface area contributed by atoms with Gasteiger partial charge in [0.05, 0.1) is 11.1 Å². The van der Waals surface area contributed by atoms with Gasteiger partial charge in [0.15, 0.2) is 0 Å². The predicted molar refractivity (Wildman–Crippen MR) is 345 cm³/mol. The zero-order chi connectivity index (χ0) is 55.5. The molecule has 2 N–H and O–H groups in total. The van der Waals surface area contributed by atoms with Crippen LogP contribution in [-0.4, -0.2) is 18.4 Å². The average molecular weight is 1060 g/mol. The van der Waals surface area contributed by atoms with Crippen molar-refractivity contribution in [1.29, 1.82) is 0 Å². The van der Waals surface area contributed by atoms with Crippen LogP contribution in [0.1, 0.15) is 67.0 Å². The second-order valence-electron chi connectivity index (χ2n) is 24.6. The molecule has 1 aromatic heterocycles. The van der Waals surface area contributed by atoms with Crippen molar-refractivity contribution >= 4 is 108 Å². The van der Waals surface area contributed by atoms with E-state index < -0.39 is 5.54 Å². The number of pyridine rings is 1. The van der Waals surface area contributed by atoms with Gasteiger partial charge in [-0.15, -0.1) is 0 Å². The Hall–Kier alpha value is -9.10. The first-order valence-electron chi connectivity index (χ1n) is 29.1. The number of aromatic nitrogens is 1. The number of ether oxygens (including phenoxy) is 1. The van der Waals surface area contributed by atoms with Gasteiger partial charge in [-0.3, -0.25) is 4.98 Å². The molecule has 1 atom stereocenters. The van der Waals surface area contributed by atoms with Crippen LogP contribution in [0, 0.1) is 27.7 Å². The SMILES string of the molecule is Cc1cccc(C)c1-c1cc2c3c(c1)N(c1ccccc1)c1cc4c(cc1B3c1nc3ccccc3cc1O2)B1c2ccccc2N(c2ccc3c(c2)C(C)(N)CCC3(C)C)c2cc(-c3c(C)cccc3C)cc(c21)N4c1ccccc1. The number of para-hydroxylation sites is 4. The number of benzene rings is 10. The van der Waals surface area contributed by atoms with Crippen molar-refractivity contribution in [2.45, 2.75) is 72.3 Å². The maximum Gasteiger partial charge on any atom is 0.279 e. The van der Waals surface area contributed by atoms with E-state index in [0.717, 1.165) is 97.4 Å². The Morgan fingerprint density at radius 3 is 1.62 bits per heavy atom. The van der Waals surface area contributed by atoms with Crippen LogP contribution in [0.25, 0.3) is 33.2 Å². The molecule has 82 heavy (non-hydrogen) atoms. The van der Waals surface area contributed by atoms with Gasteiger partial charge in [-0.25, -0.2) is 0 Å². The minimum absolute atomic E-state index is 0.00530. The van der Waals surface area contributed by atoms with Crippen molar-refractivity contribution in [3.8, 4) is 33.8 Å². The van der Waals surface area contributed by atoms with E-state index in [2.05, 4.69) is 269 Å². The van der Waals surface area contributed by atoms with Crippen LogP contribution in [0.3, 0.4) is 0 Å². The molecule has 1 aliphatic carbocycles. The molecule has 0 fully saturated rings. The number of hydrogen-bond donors (Lipinski definition) is 1. The van der Waals surface area contributed by atoms with E-state index in [-0.39, 0.29) is 18.8 Å². The zero-order valence-electron chi connectivity index (χ0n) is 47.5. The molecule has 0 bridgehead atoms. The highest BCUT2D eigenvalue weighted by molar-refractivity contribution is 7.02. The molecule has 8 heteroatoms. The largest absolute Gasteiger partial charge is 0.457 e. The Bertz CT molecular complexity index is 4490. The molecule has 6 nitrogen and oxygen atoms in total. The van der Waals surface area contributed by atoms with Gasteiger partial charge in [-0.05, 0) is 221 Å². The number of nitrogens with two attached hydrogens (primary N) is 1. The summed E-state index contributed by atoms with van der Waals surface area (Å²) in [5.41, 5.74) is 37.2. The molecule has 1 unspecified atom stereocenters. The van der Waals surface area contributed by atoms with Gasteiger partial charge < -0.3 is 25.2 Å². The van der Waals surface area contributed by atoms with Crippen molar-refractivity contribution < 1.29 is 4.74 Å². The lowest BCUT2D eigenvalue weighted by Gasteiger charge is -2.47. The third-order valence-electron chi connectivity index (χ3n) is 19.0. The van der Waals surface area contributed by atoms with Gasteiger partial charge in [0, 0.05) is 62.1 Å². The van der Waals surface area contributed by atoms with E-state index in [0.29, 0.717) is 0 Å². The summed E-state index contributed by atoms with van der Waals surface area (Å²) in [5.74, 6) is 1.64. The summed E-state index contributed by atoms with van der Waals surface area (Å²) in [6.07, 6.45) is 1.96. The van der Waals surface area contributed by atoms with Gasteiger partial charge in [0.1, 0.15) is 11.5 Å². The van der Waals surface area contributed by atoms with Crippen molar-refractivity contribution in [1.82, 2.24) is 4.98 Å². The third kappa shape index (κ3) is 7.10. The highest BCUT2D eigenvalue weighted by Gasteiger charge is 2.49. The third-order valence-corrected chi connectivity index (χ3v) is 19.0. The fourth-order valence-electron chi connectivity index (χ4n) is 15.1. The number of nitrogens with zero attached hydrogens (tertiary/aromatic N) is 4. The maximum atomic E-state index is 7.37. The first-order chi connectivity index (χ1) is 39.8. The second-order valence-corrected chi connectivity index (χ2v) is 24.6. The lowest BCUT2D eigenvalue weighted by Crippen LogP contribution is -2.65. The van der Waals surface area contributed by atoms with E-state index in [1.165, 1.54) is 77.6 Å². The van der Waals surface area contributed by atoms with Crippen LogP contribution in [0.15, 0.2) is 206 Å². The summed E-state index contributed by atoms with van der Waals surface area (Å²) in [6.45, 7) is 15.5. The highest BCUT2D eigenvalue weighted by Crippen LogP contribution is 2.52. The predicted octanol–water partition coefficient (Wildman–Crippen LogP) is 14.5. The van der Waals surface area contributed by atoms with E-state index in [4.69, 9.17) is 15.5 Å². The molecule has 394 valence electrons. The second kappa shape index (κ2) is 17.7. The van der Waals surface area contributed by atoms with Gasteiger partial charge in [0.25, 0.3) is 13.4 Å². The van der Waals surface area contributed by atoms with Crippen molar-refractivity contribution in [3.63, 3.8) is 0 Å². The molecule has 5 aliphatic rings. The quantitative estimate of drug-likeness (QED) is 0.173. The Balaban J connectivity index is 1.03. The number of aryl methyl sites for hydroxylation is 4. The van der Waals surface area contributed by atoms with E-state index in [1.54, 1.807) is 0 Å². The number of rotatable bonds is 5. The molecule has 16 rings (SSSR count). The molecular weight excluding hydrogens is 996 g/mol. The molecule has 4 aliphatic heterocycles. The maximum absolute atomic E-state index is 7.37. The summed E-state index contributed by atoms with van der Waals surface area (Å²) in [7, 11) is 0. The van der Waals surface area contributed by atoms with Crippen molar-refractivity contribution in [3.05, 3.63) is 240 Å². The molecule has 5 heterocycles. The standard InChI is InChI=1S/C74H61B2N5O/c1-44-20-18-21-45(2)68(44)49-36-63-70-64(37-49)81(53-32-33-54-55(41-53)74(7,77)35-34-73(54,5)6)60-31-17-15-29-56(60)75(70)57-42-58-62(43-61(57)79(63)51-25-10-8-11-26-51)80(52-27-12-9-13-28-52)65-38-50(69-46(3)22-19-23-47(69)4)40-66-71(65)76(58)72-67(82-66)39-48-24-14-16-30-59(48)78-72/h8-33,36-43H,34-35,77H2,1-7H3. The summed E-state index contributed by atoms with van der Waals surface area (Å²) >= 11 is 0. The summed E-state index contributed by atoms with van der Waals surface area (Å²) in [4.78, 5) is 13.3. The monoisotopic (exact) mass is 1060 g/mol. The molecule has 10 aromatic carbocycles. The van der Waals surface area contributed by atoms with E-state index in [9.17, 15) is 0 Å². The Labute approximate surface area is 481 Å². The van der Waals surface area contributed by atoms with E-state index >= 15 is 0 Å². The van der Waals surface area contributed by atoms with Gasteiger partial charge in [-0.2, -0.15) is 0 Å². The van der Waals surface area contributed by atoms with Crippen LogP contribution in [0.2, 0.25) is 0 Å². The van der Waals surface area contributed by atoms with Crippen molar-refractivity contribution in [2.24, 2.45) is 5.73 Å². The Kier molecular flexibility index (Phi) is 10.5. The fraction of sp³-hybridized carbons (Fsp3) is 0.149. The van der Waals surface area contributed by atoms with Gasteiger partial charge in [-0.1, -0.05) is 135 Å². The zero-order valence-corrected chi connectivity index (χ0v) is 47.5. The minimum Gasteiger partial charge on any atom is -0.457 e. The van der Waals surface area contributed by atoms with Crippen LogP contribution in [0.4, 0.5) is 51.2 Å². The molecular formula is C74H61B2N5O. The van der Waals surface area contributed by atoms with Crippen LogP contribution in [0.5, 0.6) is 11.5 Å². The normalized spacial score (nSPS) is 16.6. The number of anilines is 9. The van der Waals surface area contributed by atoms with Crippen LogP contribution < -0.4 is 58.1 Å². The molecule has 0 saturated carbocycles.